The number of ether oxygens (including phenoxy) is 2. The number of hydrogen-bond acceptors (Lipinski definition) is 4. The van der Waals surface area contributed by atoms with Gasteiger partial charge in [0.15, 0.2) is 5.76 Å². The SMILES string of the molecule is Cc1ccsc1/C=C1\Oc2cc(OCc3ccccc3F)ccc2C1=O. The highest BCUT2D eigenvalue weighted by Crippen LogP contribution is 2.35. The van der Waals surface area contributed by atoms with Crippen LogP contribution in [0.3, 0.4) is 0 Å². The monoisotopic (exact) mass is 366 g/mol. The van der Waals surface area contributed by atoms with E-state index in [4.69, 9.17) is 9.47 Å². The normalized spacial score (nSPS) is 14.4. The van der Waals surface area contributed by atoms with E-state index in [1.807, 2.05) is 18.4 Å². The molecule has 0 saturated carbocycles. The summed E-state index contributed by atoms with van der Waals surface area (Å²) in [6.07, 6.45) is 1.77. The Bertz CT molecular complexity index is 1020. The summed E-state index contributed by atoms with van der Waals surface area (Å²) in [5, 5.41) is 1.98. The maximum atomic E-state index is 13.7. The van der Waals surface area contributed by atoms with Gasteiger partial charge in [-0.3, -0.25) is 4.79 Å². The molecule has 3 nitrogen and oxygen atoms in total. The van der Waals surface area contributed by atoms with Crippen molar-refractivity contribution in [1.82, 2.24) is 0 Å². The zero-order chi connectivity index (χ0) is 18.1. The Labute approximate surface area is 154 Å². The molecule has 0 radical (unpaired) electrons. The van der Waals surface area contributed by atoms with Gasteiger partial charge in [-0.15, -0.1) is 11.3 Å². The second-order valence-electron chi connectivity index (χ2n) is 5.95. The molecule has 26 heavy (non-hydrogen) atoms. The Morgan fingerprint density at radius 1 is 1.19 bits per heavy atom. The summed E-state index contributed by atoms with van der Waals surface area (Å²) < 4.78 is 25.0. The minimum atomic E-state index is -0.309. The average Bonchev–Trinajstić information content (AvgIpc) is 3.18. The van der Waals surface area contributed by atoms with E-state index < -0.39 is 0 Å². The Balaban J connectivity index is 1.53. The van der Waals surface area contributed by atoms with Crippen molar-refractivity contribution in [3.05, 3.63) is 87.1 Å². The molecule has 0 fully saturated rings. The van der Waals surface area contributed by atoms with Crippen LogP contribution in [0.15, 0.2) is 59.7 Å². The number of carbonyl (C=O) groups excluding carboxylic acids is 1. The van der Waals surface area contributed by atoms with Crippen molar-refractivity contribution in [3.8, 4) is 11.5 Å². The molecule has 0 spiro atoms. The van der Waals surface area contributed by atoms with E-state index in [0.717, 1.165) is 10.4 Å². The predicted molar refractivity (Wildman–Crippen MR) is 99.2 cm³/mol. The Hall–Kier alpha value is -2.92. The van der Waals surface area contributed by atoms with Crippen LogP contribution in [0.4, 0.5) is 4.39 Å². The van der Waals surface area contributed by atoms with E-state index >= 15 is 0 Å². The fourth-order valence-corrected chi connectivity index (χ4v) is 3.53. The molecule has 1 aromatic heterocycles. The Morgan fingerprint density at radius 2 is 2.04 bits per heavy atom. The van der Waals surface area contributed by atoms with E-state index in [-0.39, 0.29) is 18.2 Å². The lowest BCUT2D eigenvalue weighted by atomic mass is 10.1. The second kappa shape index (κ2) is 6.77. The number of rotatable bonds is 4. The summed E-state index contributed by atoms with van der Waals surface area (Å²) in [5.74, 6) is 0.830. The van der Waals surface area contributed by atoms with Crippen LogP contribution in [-0.2, 0) is 6.61 Å². The fourth-order valence-electron chi connectivity index (χ4n) is 2.68. The van der Waals surface area contributed by atoms with Gasteiger partial charge in [0.2, 0.25) is 5.78 Å². The molecule has 2 heterocycles. The molecule has 0 unspecified atom stereocenters. The number of allylic oxidation sites excluding steroid dienone is 1. The van der Waals surface area contributed by atoms with Gasteiger partial charge in [0, 0.05) is 22.6 Å². The van der Waals surface area contributed by atoms with Gasteiger partial charge in [-0.1, -0.05) is 18.2 Å². The first kappa shape index (κ1) is 16.5. The van der Waals surface area contributed by atoms with Crippen molar-refractivity contribution < 1.29 is 18.7 Å². The molecule has 5 heteroatoms. The van der Waals surface area contributed by atoms with Crippen molar-refractivity contribution in [1.29, 1.82) is 0 Å². The number of thiophene rings is 1. The summed E-state index contributed by atoms with van der Waals surface area (Å²) in [6, 6.07) is 13.5. The summed E-state index contributed by atoms with van der Waals surface area (Å²) in [6.45, 7) is 2.10. The number of halogens is 1. The molecule has 2 aromatic carbocycles. The lowest BCUT2D eigenvalue weighted by Gasteiger charge is -2.08. The lowest BCUT2D eigenvalue weighted by molar-refractivity contribution is 0.101. The van der Waals surface area contributed by atoms with E-state index in [1.54, 1.807) is 53.8 Å². The summed E-state index contributed by atoms with van der Waals surface area (Å²) >= 11 is 1.56. The molecule has 130 valence electrons. The Kier molecular flexibility index (Phi) is 4.31. The highest BCUT2D eigenvalue weighted by atomic mass is 32.1. The molecule has 0 aliphatic carbocycles. The lowest BCUT2D eigenvalue weighted by Crippen LogP contribution is -1.98. The number of aryl methyl sites for hydroxylation is 1. The number of hydrogen-bond donors (Lipinski definition) is 0. The number of Topliss-reactive ketones (excluding diaryl/α,β-unsaturated/α-hetero) is 1. The first-order chi connectivity index (χ1) is 12.6. The standard InChI is InChI=1S/C21H15FO3S/c1-13-8-9-26-20(13)11-19-21(23)16-7-6-15(10-18(16)25-19)24-12-14-4-2-3-5-17(14)22/h2-11H,12H2,1H3/b19-11-. The second-order valence-corrected chi connectivity index (χ2v) is 6.89. The molecule has 0 atom stereocenters. The van der Waals surface area contributed by atoms with Crippen molar-refractivity contribution in [3.63, 3.8) is 0 Å². The van der Waals surface area contributed by atoms with Gasteiger partial charge in [-0.05, 0) is 42.1 Å². The highest BCUT2D eigenvalue weighted by Gasteiger charge is 2.28. The summed E-state index contributed by atoms with van der Waals surface area (Å²) in [5.41, 5.74) is 2.08. The van der Waals surface area contributed by atoms with Crippen LogP contribution < -0.4 is 9.47 Å². The minimum Gasteiger partial charge on any atom is -0.489 e. The number of ketones is 1. The van der Waals surface area contributed by atoms with Crippen LogP contribution in [0.5, 0.6) is 11.5 Å². The maximum absolute atomic E-state index is 13.7. The maximum Gasteiger partial charge on any atom is 0.232 e. The van der Waals surface area contributed by atoms with Crippen molar-refractivity contribution in [2.24, 2.45) is 0 Å². The van der Waals surface area contributed by atoms with Crippen LogP contribution in [0.1, 0.15) is 26.4 Å². The third-order valence-electron chi connectivity index (χ3n) is 4.16. The van der Waals surface area contributed by atoms with E-state index in [1.165, 1.54) is 6.07 Å². The molecule has 0 amide bonds. The predicted octanol–water partition coefficient (Wildman–Crippen LogP) is 5.39. The van der Waals surface area contributed by atoms with Gasteiger partial charge in [-0.2, -0.15) is 0 Å². The van der Waals surface area contributed by atoms with Gasteiger partial charge in [0.05, 0.1) is 5.56 Å². The van der Waals surface area contributed by atoms with Gasteiger partial charge in [0.25, 0.3) is 0 Å². The minimum absolute atomic E-state index is 0.108. The molecule has 0 bridgehead atoms. The molecule has 3 aromatic rings. The summed E-state index contributed by atoms with van der Waals surface area (Å²) in [7, 11) is 0. The number of carbonyl (C=O) groups is 1. The van der Waals surface area contributed by atoms with Crippen LogP contribution in [0.25, 0.3) is 6.08 Å². The van der Waals surface area contributed by atoms with E-state index in [0.29, 0.717) is 28.4 Å². The van der Waals surface area contributed by atoms with Crippen LogP contribution in [0.2, 0.25) is 0 Å². The molecule has 4 rings (SSSR count). The van der Waals surface area contributed by atoms with Gasteiger partial charge in [0.1, 0.15) is 23.9 Å². The highest BCUT2D eigenvalue weighted by molar-refractivity contribution is 7.11. The summed E-state index contributed by atoms with van der Waals surface area (Å²) in [4.78, 5) is 13.5. The van der Waals surface area contributed by atoms with E-state index in [9.17, 15) is 9.18 Å². The van der Waals surface area contributed by atoms with Crippen molar-refractivity contribution in [2.75, 3.05) is 0 Å². The quantitative estimate of drug-likeness (QED) is 0.581. The third-order valence-corrected chi connectivity index (χ3v) is 5.12. The van der Waals surface area contributed by atoms with E-state index in [2.05, 4.69) is 0 Å². The molecule has 0 N–H and O–H groups in total. The van der Waals surface area contributed by atoms with Gasteiger partial charge >= 0.3 is 0 Å². The number of benzene rings is 2. The first-order valence-corrected chi connectivity index (χ1v) is 8.98. The molecule has 1 aliphatic heterocycles. The van der Waals surface area contributed by atoms with Crippen LogP contribution in [0, 0.1) is 12.7 Å². The third kappa shape index (κ3) is 3.13. The fraction of sp³-hybridized carbons (Fsp3) is 0.0952. The molecule has 1 aliphatic rings. The number of fused-ring (bicyclic) bond motifs is 1. The first-order valence-electron chi connectivity index (χ1n) is 8.10. The molecule has 0 saturated heterocycles. The zero-order valence-electron chi connectivity index (χ0n) is 14.0. The van der Waals surface area contributed by atoms with Gasteiger partial charge in [-0.25, -0.2) is 4.39 Å². The molecular weight excluding hydrogens is 351 g/mol. The Morgan fingerprint density at radius 3 is 2.81 bits per heavy atom. The topological polar surface area (TPSA) is 35.5 Å². The van der Waals surface area contributed by atoms with Crippen LogP contribution in [-0.4, -0.2) is 5.78 Å². The van der Waals surface area contributed by atoms with Crippen molar-refractivity contribution in [2.45, 2.75) is 13.5 Å². The smallest absolute Gasteiger partial charge is 0.232 e. The zero-order valence-corrected chi connectivity index (χ0v) is 14.8. The average molecular weight is 366 g/mol. The largest absolute Gasteiger partial charge is 0.489 e. The van der Waals surface area contributed by atoms with Crippen molar-refractivity contribution >= 4 is 23.2 Å². The van der Waals surface area contributed by atoms with Gasteiger partial charge < -0.3 is 9.47 Å². The molecular formula is C21H15FO3S. The van der Waals surface area contributed by atoms with Crippen LogP contribution >= 0.6 is 11.3 Å².